The number of ether oxygens (including phenoxy) is 1. The lowest BCUT2D eigenvalue weighted by molar-refractivity contribution is 0.296. The molecule has 0 saturated carbocycles. The lowest BCUT2D eigenvalue weighted by atomic mass is 10.1. The summed E-state index contributed by atoms with van der Waals surface area (Å²) in [5, 5.41) is 11.2. The fourth-order valence-corrected chi connectivity index (χ4v) is 1.59. The zero-order valence-electron chi connectivity index (χ0n) is 9.90. The Bertz CT molecular complexity index is 371. The molecule has 0 amide bonds. The van der Waals surface area contributed by atoms with Crippen LogP contribution in [0.25, 0.3) is 0 Å². The Morgan fingerprint density at radius 1 is 1.50 bits per heavy atom. The molecule has 0 radical (unpaired) electrons. The van der Waals surface area contributed by atoms with Gasteiger partial charge in [-0.05, 0) is 31.8 Å². The molecule has 0 aliphatic rings. The minimum Gasteiger partial charge on any atom is -0.497 e. The van der Waals surface area contributed by atoms with Crippen molar-refractivity contribution in [2.75, 3.05) is 27.7 Å². The molecule has 1 atom stereocenters. The minimum absolute atomic E-state index is 0.162. The summed E-state index contributed by atoms with van der Waals surface area (Å²) in [4.78, 5) is 2.07. The maximum absolute atomic E-state index is 8.54. The van der Waals surface area contributed by atoms with Crippen molar-refractivity contribution >= 4 is 0 Å². The molecule has 0 heterocycles. The van der Waals surface area contributed by atoms with E-state index in [0.717, 1.165) is 11.3 Å². The number of hydrogen-bond acceptors (Lipinski definition) is 4. The quantitative estimate of drug-likeness (QED) is 0.600. The third-order valence-electron chi connectivity index (χ3n) is 2.48. The van der Waals surface area contributed by atoms with Gasteiger partial charge in [-0.1, -0.05) is 12.1 Å². The van der Waals surface area contributed by atoms with Gasteiger partial charge in [-0.15, -0.1) is 0 Å². The number of nitrogens with one attached hydrogen (secondary N) is 1. The lowest BCUT2D eigenvalue weighted by Crippen LogP contribution is -2.28. The molecular formula is C12H17N3O. The van der Waals surface area contributed by atoms with Crippen LogP contribution in [-0.4, -0.2) is 32.6 Å². The van der Waals surface area contributed by atoms with Gasteiger partial charge in [0.1, 0.15) is 5.75 Å². The van der Waals surface area contributed by atoms with Crippen LogP contribution in [0.5, 0.6) is 5.75 Å². The van der Waals surface area contributed by atoms with Crippen molar-refractivity contribution in [1.29, 1.82) is 5.26 Å². The van der Waals surface area contributed by atoms with Crippen molar-refractivity contribution in [3.63, 3.8) is 0 Å². The molecule has 1 aromatic carbocycles. The summed E-state index contributed by atoms with van der Waals surface area (Å²) in [6, 6.07) is 8.05. The Morgan fingerprint density at radius 2 is 2.25 bits per heavy atom. The first kappa shape index (κ1) is 12.3. The monoisotopic (exact) mass is 219 g/mol. The number of methoxy groups -OCH3 is 1. The van der Waals surface area contributed by atoms with Crippen LogP contribution < -0.4 is 10.1 Å². The van der Waals surface area contributed by atoms with Crippen LogP contribution >= 0.6 is 0 Å². The van der Waals surface area contributed by atoms with Crippen LogP contribution in [0.3, 0.4) is 0 Å². The fourth-order valence-electron chi connectivity index (χ4n) is 1.59. The molecule has 0 aliphatic carbocycles. The molecule has 1 rings (SSSR count). The van der Waals surface area contributed by atoms with E-state index in [-0.39, 0.29) is 6.04 Å². The van der Waals surface area contributed by atoms with E-state index in [9.17, 15) is 0 Å². The summed E-state index contributed by atoms with van der Waals surface area (Å²) in [5.74, 6) is 0.835. The van der Waals surface area contributed by atoms with E-state index in [1.807, 2.05) is 44.6 Å². The predicted octanol–water partition coefficient (Wildman–Crippen LogP) is 1.37. The van der Waals surface area contributed by atoms with Crippen molar-refractivity contribution in [3.05, 3.63) is 29.8 Å². The Labute approximate surface area is 96.4 Å². The van der Waals surface area contributed by atoms with Gasteiger partial charge in [0.05, 0.1) is 13.2 Å². The second-order valence-corrected chi connectivity index (χ2v) is 3.75. The number of rotatable bonds is 5. The van der Waals surface area contributed by atoms with Crippen LogP contribution in [-0.2, 0) is 0 Å². The number of likely N-dealkylation sites (N-methyl/N-ethyl adjacent to an activating group) is 1. The van der Waals surface area contributed by atoms with Crippen molar-refractivity contribution in [2.24, 2.45) is 0 Å². The number of nitriles is 1. The molecule has 0 saturated heterocycles. The second kappa shape index (κ2) is 5.99. The number of benzene rings is 1. The van der Waals surface area contributed by atoms with Crippen molar-refractivity contribution in [1.82, 2.24) is 10.2 Å². The van der Waals surface area contributed by atoms with Crippen molar-refractivity contribution in [3.8, 4) is 11.9 Å². The van der Waals surface area contributed by atoms with E-state index in [1.165, 1.54) is 0 Å². The third-order valence-corrected chi connectivity index (χ3v) is 2.48. The largest absolute Gasteiger partial charge is 0.497 e. The van der Waals surface area contributed by atoms with Crippen LogP contribution in [0.4, 0.5) is 0 Å². The highest BCUT2D eigenvalue weighted by Crippen LogP contribution is 2.21. The highest BCUT2D eigenvalue weighted by molar-refractivity contribution is 5.30. The van der Waals surface area contributed by atoms with Gasteiger partial charge < -0.3 is 15.0 Å². The Morgan fingerprint density at radius 3 is 2.81 bits per heavy atom. The molecule has 0 fully saturated rings. The molecular weight excluding hydrogens is 202 g/mol. The molecule has 4 nitrogen and oxygen atoms in total. The number of nitrogens with zero attached hydrogens (tertiary/aromatic N) is 2. The average molecular weight is 219 g/mol. The van der Waals surface area contributed by atoms with Gasteiger partial charge in [0, 0.05) is 6.54 Å². The molecule has 16 heavy (non-hydrogen) atoms. The van der Waals surface area contributed by atoms with E-state index in [2.05, 4.69) is 10.2 Å². The summed E-state index contributed by atoms with van der Waals surface area (Å²) >= 11 is 0. The summed E-state index contributed by atoms with van der Waals surface area (Å²) < 4.78 is 5.19. The SMILES string of the molecule is COc1cccc(C(CNC#N)N(C)C)c1. The van der Waals surface area contributed by atoms with Crippen molar-refractivity contribution < 1.29 is 4.74 Å². The molecule has 0 aliphatic heterocycles. The van der Waals surface area contributed by atoms with Gasteiger partial charge in [0.2, 0.25) is 0 Å². The van der Waals surface area contributed by atoms with Gasteiger partial charge in [-0.3, -0.25) is 0 Å². The fraction of sp³-hybridized carbons (Fsp3) is 0.417. The Balaban J connectivity index is 2.88. The van der Waals surface area contributed by atoms with Gasteiger partial charge in [0.15, 0.2) is 6.19 Å². The molecule has 0 spiro atoms. The summed E-state index contributed by atoms with van der Waals surface area (Å²) in [6.07, 6.45) is 1.94. The first-order valence-electron chi connectivity index (χ1n) is 5.11. The van der Waals surface area contributed by atoms with Gasteiger partial charge in [-0.25, -0.2) is 0 Å². The third kappa shape index (κ3) is 3.14. The molecule has 0 bridgehead atoms. The first-order valence-corrected chi connectivity index (χ1v) is 5.11. The normalized spacial score (nSPS) is 11.9. The average Bonchev–Trinajstić information content (AvgIpc) is 2.29. The maximum Gasteiger partial charge on any atom is 0.176 e. The molecule has 1 N–H and O–H groups in total. The predicted molar refractivity (Wildman–Crippen MR) is 63.0 cm³/mol. The summed E-state index contributed by atoms with van der Waals surface area (Å²) in [6.45, 7) is 0.594. The molecule has 1 aromatic rings. The van der Waals surface area contributed by atoms with Crippen LogP contribution in [0.1, 0.15) is 11.6 Å². The van der Waals surface area contributed by atoms with Crippen LogP contribution in [0, 0.1) is 11.5 Å². The Kier molecular flexibility index (Phi) is 4.62. The maximum atomic E-state index is 8.54. The zero-order valence-corrected chi connectivity index (χ0v) is 9.90. The summed E-state index contributed by atoms with van der Waals surface area (Å²) in [5.41, 5.74) is 1.13. The zero-order chi connectivity index (χ0) is 12.0. The summed E-state index contributed by atoms with van der Waals surface area (Å²) in [7, 11) is 5.63. The molecule has 4 heteroatoms. The van der Waals surface area contributed by atoms with Crippen LogP contribution in [0.15, 0.2) is 24.3 Å². The molecule has 1 unspecified atom stereocenters. The van der Waals surface area contributed by atoms with E-state index < -0.39 is 0 Å². The lowest BCUT2D eigenvalue weighted by Gasteiger charge is -2.24. The van der Waals surface area contributed by atoms with Gasteiger partial charge >= 0.3 is 0 Å². The van der Waals surface area contributed by atoms with E-state index in [1.54, 1.807) is 7.11 Å². The van der Waals surface area contributed by atoms with Crippen molar-refractivity contribution in [2.45, 2.75) is 6.04 Å². The molecule has 86 valence electrons. The second-order valence-electron chi connectivity index (χ2n) is 3.75. The molecule has 0 aromatic heterocycles. The minimum atomic E-state index is 0.162. The smallest absolute Gasteiger partial charge is 0.176 e. The number of hydrogen-bond donors (Lipinski definition) is 1. The Hall–Kier alpha value is -1.73. The first-order chi connectivity index (χ1) is 7.69. The highest BCUT2D eigenvalue weighted by Gasteiger charge is 2.13. The highest BCUT2D eigenvalue weighted by atomic mass is 16.5. The van der Waals surface area contributed by atoms with Crippen LogP contribution in [0.2, 0.25) is 0 Å². The van der Waals surface area contributed by atoms with E-state index in [0.29, 0.717) is 6.54 Å². The van der Waals surface area contributed by atoms with Gasteiger partial charge in [-0.2, -0.15) is 5.26 Å². The van der Waals surface area contributed by atoms with Gasteiger partial charge in [0.25, 0.3) is 0 Å². The van der Waals surface area contributed by atoms with E-state index in [4.69, 9.17) is 10.00 Å². The topological polar surface area (TPSA) is 48.3 Å². The van der Waals surface area contributed by atoms with E-state index >= 15 is 0 Å². The standard InChI is InChI=1S/C12H17N3O/c1-15(2)12(8-14-9-13)10-5-4-6-11(7-10)16-3/h4-7,12,14H,8H2,1-3H3.